The topological polar surface area (TPSA) is 86.4 Å². The quantitative estimate of drug-likeness (QED) is 0.772. The number of rotatable bonds is 5. The molecule has 2 heterocycles. The highest BCUT2D eigenvalue weighted by Gasteiger charge is 2.14. The third kappa shape index (κ3) is 3.32. The summed E-state index contributed by atoms with van der Waals surface area (Å²) in [4.78, 5) is 29.7. The highest BCUT2D eigenvalue weighted by atomic mass is 19.1. The summed E-state index contributed by atoms with van der Waals surface area (Å²) in [7, 11) is 0. The fourth-order valence-corrected chi connectivity index (χ4v) is 1.96. The zero-order valence-corrected chi connectivity index (χ0v) is 12.3. The van der Waals surface area contributed by atoms with Gasteiger partial charge in [0.1, 0.15) is 24.3 Å². The van der Waals surface area contributed by atoms with Crippen LogP contribution in [-0.4, -0.2) is 15.8 Å². The van der Waals surface area contributed by atoms with Gasteiger partial charge < -0.3 is 14.7 Å². The van der Waals surface area contributed by atoms with E-state index in [1.54, 1.807) is 18.2 Å². The molecule has 0 bridgehead atoms. The first-order valence-electron chi connectivity index (χ1n) is 6.95. The zero-order valence-electron chi connectivity index (χ0n) is 12.3. The highest BCUT2D eigenvalue weighted by molar-refractivity contribution is 6.03. The zero-order chi connectivity index (χ0) is 16.9. The molecule has 2 aromatic heterocycles. The summed E-state index contributed by atoms with van der Waals surface area (Å²) >= 11 is 0. The highest BCUT2D eigenvalue weighted by Crippen LogP contribution is 2.07. The van der Waals surface area contributed by atoms with E-state index in [1.807, 2.05) is 0 Å². The molecular formula is C16H12FN3O4. The molecule has 0 radical (unpaired) electrons. The van der Waals surface area contributed by atoms with Crippen molar-refractivity contribution in [3.05, 3.63) is 82.2 Å². The number of carbonyl (C=O) groups is 1. The number of amides is 1. The molecule has 3 aromatic rings. The Balaban J connectivity index is 1.77. The number of carbonyl (C=O) groups excluding carboxylic acids is 1. The first kappa shape index (κ1) is 15.5. The third-order valence-electron chi connectivity index (χ3n) is 3.16. The molecule has 0 atom stereocenters. The van der Waals surface area contributed by atoms with E-state index >= 15 is 0 Å². The molecule has 24 heavy (non-hydrogen) atoms. The second-order valence-electron chi connectivity index (χ2n) is 4.76. The molecule has 3 rings (SSSR count). The number of aromatic nitrogens is 2. The third-order valence-corrected chi connectivity index (χ3v) is 3.16. The summed E-state index contributed by atoms with van der Waals surface area (Å²) in [6.45, 7) is -0.152. The molecular weight excluding hydrogens is 317 g/mol. The average Bonchev–Trinajstić information content (AvgIpc) is 3.08. The van der Waals surface area contributed by atoms with E-state index in [0.29, 0.717) is 5.56 Å². The average molecular weight is 329 g/mol. The Labute approximate surface area is 135 Å². The van der Waals surface area contributed by atoms with Crippen molar-refractivity contribution >= 4 is 11.7 Å². The number of anilines is 1. The van der Waals surface area contributed by atoms with Gasteiger partial charge >= 0.3 is 0 Å². The summed E-state index contributed by atoms with van der Waals surface area (Å²) < 4.78 is 19.0. The lowest BCUT2D eigenvalue weighted by Gasteiger charge is -2.10. The van der Waals surface area contributed by atoms with Crippen LogP contribution in [0.5, 0.6) is 0 Å². The van der Waals surface area contributed by atoms with E-state index in [9.17, 15) is 14.0 Å². The maximum absolute atomic E-state index is 13.6. The van der Waals surface area contributed by atoms with Crippen LogP contribution in [0, 0.1) is 5.82 Å². The van der Waals surface area contributed by atoms with Crippen molar-refractivity contribution in [3.63, 3.8) is 0 Å². The molecule has 1 amide bonds. The summed E-state index contributed by atoms with van der Waals surface area (Å²) in [6, 6.07) is 10.3. The van der Waals surface area contributed by atoms with Crippen LogP contribution in [-0.2, 0) is 6.61 Å². The maximum atomic E-state index is 13.6. The predicted molar refractivity (Wildman–Crippen MR) is 81.8 cm³/mol. The monoisotopic (exact) mass is 329 g/mol. The van der Waals surface area contributed by atoms with Crippen LogP contribution in [0.3, 0.4) is 0 Å². The lowest BCUT2D eigenvalue weighted by molar-refractivity contribution is 0.0847. The Morgan fingerprint density at radius 3 is 2.83 bits per heavy atom. The summed E-state index contributed by atoms with van der Waals surface area (Å²) in [5, 5.41) is 5.95. The van der Waals surface area contributed by atoms with E-state index in [1.165, 1.54) is 36.7 Å². The molecule has 0 fully saturated rings. The van der Waals surface area contributed by atoms with Gasteiger partial charge in [-0.25, -0.2) is 4.39 Å². The minimum absolute atomic E-state index is 0.144. The van der Waals surface area contributed by atoms with Gasteiger partial charge in [-0.2, -0.15) is 4.73 Å². The standard InChI is InChI=1S/C16H12FN3O4/c17-13-6-2-1-4-11(13)10-24-20-8-3-5-12(16(20)22)15(21)18-14-7-9-23-19-14/h1-9H,10H2,(H,18,19,21). The first-order chi connectivity index (χ1) is 11.6. The molecule has 0 aliphatic heterocycles. The molecule has 122 valence electrons. The minimum Gasteiger partial charge on any atom is -0.406 e. The van der Waals surface area contributed by atoms with Crippen molar-refractivity contribution in [2.24, 2.45) is 0 Å². The Bertz CT molecular complexity index is 906. The number of benzene rings is 1. The first-order valence-corrected chi connectivity index (χ1v) is 6.95. The van der Waals surface area contributed by atoms with Crippen molar-refractivity contribution in [3.8, 4) is 0 Å². The lowest BCUT2D eigenvalue weighted by Crippen LogP contribution is -2.32. The van der Waals surface area contributed by atoms with Gasteiger partial charge in [0.2, 0.25) is 0 Å². The molecule has 0 saturated heterocycles. The fraction of sp³-hybridized carbons (Fsp3) is 0.0625. The number of halogens is 1. The van der Waals surface area contributed by atoms with Crippen LogP contribution in [0.1, 0.15) is 15.9 Å². The van der Waals surface area contributed by atoms with E-state index in [4.69, 9.17) is 4.84 Å². The number of nitrogens with one attached hydrogen (secondary N) is 1. The summed E-state index contributed by atoms with van der Waals surface area (Å²) in [6.07, 6.45) is 2.63. The summed E-state index contributed by atoms with van der Waals surface area (Å²) in [5.41, 5.74) is -0.522. The van der Waals surface area contributed by atoms with Gasteiger partial charge in [0.15, 0.2) is 5.82 Å². The maximum Gasteiger partial charge on any atom is 0.295 e. The van der Waals surface area contributed by atoms with Crippen LogP contribution in [0.2, 0.25) is 0 Å². The van der Waals surface area contributed by atoms with E-state index in [-0.39, 0.29) is 18.0 Å². The molecule has 8 heteroatoms. The largest absolute Gasteiger partial charge is 0.406 e. The molecule has 0 aliphatic carbocycles. The molecule has 1 aromatic carbocycles. The Kier molecular flexibility index (Phi) is 4.37. The van der Waals surface area contributed by atoms with Crippen LogP contribution < -0.4 is 15.7 Å². The normalized spacial score (nSPS) is 10.4. The van der Waals surface area contributed by atoms with Crippen LogP contribution in [0.15, 0.2) is 64.2 Å². The smallest absolute Gasteiger partial charge is 0.295 e. The molecule has 7 nitrogen and oxygen atoms in total. The second-order valence-corrected chi connectivity index (χ2v) is 4.76. The summed E-state index contributed by atoms with van der Waals surface area (Å²) in [5.74, 6) is -0.912. The molecule has 0 spiro atoms. The van der Waals surface area contributed by atoms with Crippen molar-refractivity contribution in [2.75, 3.05) is 5.32 Å². The van der Waals surface area contributed by atoms with Crippen LogP contribution in [0.4, 0.5) is 10.2 Å². The van der Waals surface area contributed by atoms with Gasteiger partial charge in [0.25, 0.3) is 11.5 Å². The van der Waals surface area contributed by atoms with E-state index < -0.39 is 17.3 Å². The van der Waals surface area contributed by atoms with Gasteiger partial charge in [-0.3, -0.25) is 9.59 Å². The number of nitrogens with zero attached hydrogens (tertiary/aromatic N) is 2. The van der Waals surface area contributed by atoms with Crippen molar-refractivity contribution in [2.45, 2.75) is 6.61 Å². The Morgan fingerprint density at radius 2 is 2.08 bits per heavy atom. The minimum atomic E-state index is -0.671. The number of hydrogen-bond donors (Lipinski definition) is 1. The van der Waals surface area contributed by atoms with Crippen molar-refractivity contribution in [1.82, 2.24) is 9.89 Å². The molecule has 0 aliphatic rings. The number of hydrogen-bond acceptors (Lipinski definition) is 5. The molecule has 1 N–H and O–H groups in total. The number of pyridine rings is 1. The van der Waals surface area contributed by atoms with Gasteiger partial charge in [-0.1, -0.05) is 23.4 Å². The van der Waals surface area contributed by atoms with E-state index in [2.05, 4.69) is 15.0 Å². The van der Waals surface area contributed by atoms with Gasteiger partial charge in [0.05, 0.1) is 0 Å². The van der Waals surface area contributed by atoms with Gasteiger partial charge in [-0.15, -0.1) is 0 Å². The fourth-order valence-electron chi connectivity index (χ4n) is 1.96. The molecule has 0 saturated carbocycles. The van der Waals surface area contributed by atoms with Gasteiger partial charge in [0, 0.05) is 17.8 Å². The van der Waals surface area contributed by atoms with Crippen molar-refractivity contribution in [1.29, 1.82) is 0 Å². The SMILES string of the molecule is O=C(Nc1ccon1)c1cccn(OCc2ccccc2F)c1=O. The molecule has 0 unspecified atom stereocenters. The van der Waals surface area contributed by atoms with E-state index in [0.717, 1.165) is 4.73 Å². The lowest BCUT2D eigenvalue weighted by atomic mass is 10.2. The second kappa shape index (κ2) is 6.78. The van der Waals surface area contributed by atoms with Crippen LogP contribution >= 0.6 is 0 Å². The van der Waals surface area contributed by atoms with Crippen molar-refractivity contribution < 1.29 is 18.5 Å². The predicted octanol–water partition coefficient (Wildman–Crippen LogP) is 1.86. The van der Waals surface area contributed by atoms with Crippen LogP contribution in [0.25, 0.3) is 0 Å². The Hall–Kier alpha value is -3.42. The Morgan fingerprint density at radius 1 is 1.25 bits per heavy atom. The van der Waals surface area contributed by atoms with Gasteiger partial charge in [-0.05, 0) is 18.2 Å².